The fraction of sp³-hybridized carbons (Fsp3) is 0.350. The van der Waals surface area contributed by atoms with Gasteiger partial charge in [-0.05, 0) is 26.3 Å². The summed E-state index contributed by atoms with van der Waals surface area (Å²) in [6.07, 6.45) is 0. The van der Waals surface area contributed by atoms with Crippen molar-refractivity contribution in [2.75, 3.05) is 20.8 Å². The molecule has 0 saturated carbocycles. The molecule has 0 aliphatic carbocycles. The Morgan fingerprint density at radius 1 is 1.04 bits per heavy atom. The van der Waals surface area contributed by atoms with Gasteiger partial charge in [0.25, 0.3) is 0 Å². The largest absolute Gasteiger partial charge is 0.465 e. The van der Waals surface area contributed by atoms with Gasteiger partial charge in [0.1, 0.15) is 14.8 Å². The Balaban J connectivity index is 2.22. The molecule has 0 atom stereocenters. The number of benzene rings is 1. The fourth-order valence-corrected chi connectivity index (χ4v) is 6.94. The number of ether oxygens (including phenoxy) is 2. The number of hydrogen-bond acceptors (Lipinski definition) is 7. The molecule has 1 aromatic rings. The lowest BCUT2D eigenvalue weighted by Crippen LogP contribution is -2.51. The SMILES string of the molecule is CCN1C(=S)c2ccccc2C(=C2SC(C(=O)OC)=C(C(=O)OC)S2)C1(C)C. The van der Waals surface area contributed by atoms with Crippen molar-refractivity contribution in [2.24, 2.45) is 0 Å². The molecule has 148 valence electrons. The van der Waals surface area contributed by atoms with E-state index in [-0.39, 0.29) is 9.81 Å². The Morgan fingerprint density at radius 2 is 1.54 bits per heavy atom. The lowest BCUT2D eigenvalue weighted by atomic mass is 9.81. The normalized spacial score (nSPS) is 18.3. The van der Waals surface area contributed by atoms with Gasteiger partial charge in [0.15, 0.2) is 0 Å². The Hall–Kier alpha value is -1.77. The van der Waals surface area contributed by atoms with E-state index in [9.17, 15) is 9.59 Å². The highest BCUT2D eigenvalue weighted by molar-refractivity contribution is 8.29. The second-order valence-electron chi connectivity index (χ2n) is 6.66. The van der Waals surface area contributed by atoms with Crippen LogP contribution in [0.5, 0.6) is 0 Å². The number of methoxy groups -OCH3 is 2. The van der Waals surface area contributed by atoms with Gasteiger partial charge in [0.05, 0.1) is 24.0 Å². The van der Waals surface area contributed by atoms with Gasteiger partial charge in [-0.25, -0.2) is 9.59 Å². The first-order valence-corrected chi connectivity index (χ1v) is 10.7. The third kappa shape index (κ3) is 3.27. The summed E-state index contributed by atoms with van der Waals surface area (Å²) in [6.45, 7) is 7.02. The number of rotatable bonds is 3. The first-order chi connectivity index (χ1) is 13.3. The fourth-order valence-electron chi connectivity index (χ4n) is 3.51. The highest BCUT2D eigenvalue weighted by Gasteiger charge is 2.44. The van der Waals surface area contributed by atoms with Crippen LogP contribution in [0.15, 0.2) is 38.3 Å². The lowest BCUT2D eigenvalue weighted by molar-refractivity contribution is -0.138. The number of thioether (sulfide) groups is 2. The molecule has 28 heavy (non-hydrogen) atoms. The molecule has 0 amide bonds. The lowest BCUT2D eigenvalue weighted by Gasteiger charge is -2.47. The van der Waals surface area contributed by atoms with Gasteiger partial charge in [0, 0.05) is 17.7 Å². The molecule has 0 radical (unpaired) electrons. The summed E-state index contributed by atoms with van der Waals surface area (Å²) in [6, 6.07) is 7.98. The highest BCUT2D eigenvalue weighted by Crippen LogP contribution is 2.56. The van der Waals surface area contributed by atoms with Crippen molar-refractivity contribution in [3.8, 4) is 0 Å². The highest BCUT2D eigenvalue weighted by atomic mass is 32.2. The van der Waals surface area contributed by atoms with E-state index in [2.05, 4.69) is 25.7 Å². The number of thiocarbonyl (C=S) groups is 1. The minimum absolute atomic E-state index is 0.256. The third-order valence-corrected chi connectivity index (χ3v) is 7.81. The topological polar surface area (TPSA) is 55.8 Å². The van der Waals surface area contributed by atoms with E-state index in [0.29, 0.717) is 0 Å². The van der Waals surface area contributed by atoms with E-state index in [1.165, 1.54) is 37.7 Å². The zero-order valence-corrected chi connectivity index (χ0v) is 18.8. The van der Waals surface area contributed by atoms with E-state index in [1.807, 2.05) is 24.3 Å². The summed E-state index contributed by atoms with van der Waals surface area (Å²) in [5.41, 5.74) is 2.62. The van der Waals surface area contributed by atoms with Crippen LogP contribution < -0.4 is 0 Å². The summed E-state index contributed by atoms with van der Waals surface area (Å²) in [4.78, 5) is 28.0. The van der Waals surface area contributed by atoms with Crippen molar-refractivity contribution in [2.45, 2.75) is 26.3 Å². The van der Waals surface area contributed by atoms with Crippen LogP contribution in [0.25, 0.3) is 5.57 Å². The van der Waals surface area contributed by atoms with Crippen molar-refractivity contribution >= 4 is 58.2 Å². The van der Waals surface area contributed by atoms with Gasteiger partial charge in [-0.2, -0.15) is 0 Å². The summed E-state index contributed by atoms with van der Waals surface area (Å²) >= 11 is 8.27. The summed E-state index contributed by atoms with van der Waals surface area (Å²) in [5, 5.41) is 0. The van der Waals surface area contributed by atoms with Gasteiger partial charge in [-0.15, -0.1) is 0 Å². The van der Waals surface area contributed by atoms with Crippen LogP contribution in [-0.4, -0.2) is 48.1 Å². The molecular weight excluding hydrogens is 414 g/mol. The zero-order valence-electron chi connectivity index (χ0n) is 16.3. The zero-order chi connectivity index (χ0) is 20.6. The van der Waals surface area contributed by atoms with Crippen molar-refractivity contribution in [1.82, 2.24) is 4.90 Å². The number of esters is 2. The van der Waals surface area contributed by atoms with E-state index in [1.54, 1.807) is 0 Å². The van der Waals surface area contributed by atoms with Crippen LogP contribution in [0.3, 0.4) is 0 Å². The molecule has 0 fully saturated rings. The van der Waals surface area contributed by atoms with E-state index < -0.39 is 17.5 Å². The average Bonchev–Trinajstić information content (AvgIpc) is 3.11. The molecule has 0 bridgehead atoms. The van der Waals surface area contributed by atoms with Gasteiger partial charge in [0.2, 0.25) is 0 Å². The predicted molar refractivity (Wildman–Crippen MR) is 118 cm³/mol. The number of carbonyl (C=O) groups is 2. The average molecular weight is 436 g/mol. The molecular formula is C20H21NO4S3. The van der Waals surface area contributed by atoms with Crippen molar-refractivity contribution in [3.63, 3.8) is 0 Å². The van der Waals surface area contributed by atoms with Crippen LogP contribution in [0.1, 0.15) is 31.9 Å². The van der Waals surface area contributed by atoms with Crippen LogP contribution in [-0.2, 0) is 19.1 Å². The van der Waals surface area contributed by atoms with Crippen LogP contribution >= 0.6 is 35.7 Å². The second-order valence-corrected chi connectivity index (χ2v) is 9.35. The first kappa shape index (κ1) is 21.0. The Bertz CT molecular complexity index is 903. The maximum atomic E-state index is 12.3. The quantitative estimate of drug-likeness (QED) is 0.518. The number of nitrogens with zero attached hydrogens (tertiary/aromatic N) is 1. The molecule has 1 aromatic carbocycles. The number of hydrogen-bond donors (Lipinski definition) is 0. The molecule has 0 unspecified atom stereocenters. The third-order valence-electron chi connectivity index (χ3n) is 4.82. The summed E-state index contributed by atoms with van der Waals surface area (Å²) in [7, 11) is 2.61. The van der Waals surface area contributed by atoms with Gasteiger partial charge in [-0.3, -0.25) is 0 Å². The van der Waals surface area contributed by atoms with Crippen LogP contribution in [0, 0.1) is 0 Å². The van der Waals surface area contributed by atoms with E-state index in [0.717, 1.165) is 32.5 Å². The van der Waals surface area contributed by atoms with Gasteiger partial charge in [-0.1, -0.05) is 60.0 Å². The molecule has 8 heteroatoms. The number of carbonyl (C=O) groups excluding carboxylic acids is 2. The monoisotopic (exact) mass is 435 g/mol. The van der Waals surface area contributed by atoms with Crippen LogP contribution in [0.4, 0.5) is 0 Å². The van der Waals surface area contributed by atoms with Crippen LogP contribution in [0.2, 0.25) is 0 Å². The Labute approximate surface area is 178 Å². The minimum atomic E-state index is -0.543. The number of likely N-dealkylation sites (N-methyl/N-ethyl adjacent to an activating group) is 1. The predicted octanol–water partition coefficient (Wildman–Crippen LogP) is 4.18. The molecule has 3 rings (SSSR count). The maximum Gasteiger partial charge on any atom is 0.346 e. The molecule has 0 N–H and O–H groups in total. The molecule has 2 aliphatic heterocycles. The van der Waals surface area contributed by atoms with Crippen molar-refractivity contribution in [1.29, 1.82) is 0 Å². The molecule has 0 spiro atoms. The standard InChI is InChI=1S/C20H21NO4S3/c1-6-21-16(26)12-10-8-7-9-11(12)13(20(21,2)3)19-27-14(17(22)24-4)15(28-19)18(23)25-5/h7-10H,6H2,1-5H3. The number of fused-ring (bicyclic) bond motifs is 1. The van der Waals surface area contributed by atoms with Gasteiger partial charge < -0.3 is 14.4 Å². The van der Waals surface area contributed by atoms with Crippen molar-refractivity contribution < 1.29 is 19.1 Å². The second kappa shape index (κ2) is 7.93. The molecule has 2 aliphatic rings. The van der Waals surface area contributed by atoms with Gasteiger partial charge >= 0.3 is 11.9 Å². The summed E-state index contributed by atoms with van der Waals surface area (Å²) in [5.74, 6) is -1.09. The maximum absolute atomic E-state index is 12.3. The minimum Gasteiger partial charge on any atom is -0.465 e. The van der Waals surface area contributed by atoms with E-state index in [4.69, 9.17) is 21.7 Å². The summed E-state index contributed by atoms with van der Waals surface area (Å²) < 4.78 is 10.6. The molecule has 5 nitrogen and oxygen atoms in total. The Morgan fingerprint density at radius 3 is 2.00 bits per heavy atom. The van der Waals surface area contributed by atoms with Crippen molar-refractivity contribution in [3.05, 3.63) is 49.4 Å². The Kier molecular flexibility index (Phi) is 5.93. The first-order valence-electron chi connectivity index (χ1n) is 8.70. The molecule has 0 saturated heterocycles. The molecule has 2 heterocycles. The smallest absolute Gasteiger partial charge is 0.346 e. The van der Waals surface area contributed by atoms with E-state index >= 15 is 0 Å². The molecule has 0 aromatic heterocycles.